The summed E-state index contributed by atoms with van der Waals surface area (Å²) in [4.78, 5) is 30.7. The number of pyridine rings is 1. The van der Waals surface area contributed by atoms with Crippen molar-refractivity contribution in [3.8, 4) is 0 Å². The summed E-state index contributed by atoms with van der Waals surface area (Å²) in [6, 6.07) is 1.58. The molecule has 2 unspecified atom stereocenters. The molecule has 4 rings (SSSR count). The van der Waals surface area contributed by atoms with Crippen molar-refractivity contribution in [3.63, 3.8) is 0 Å². The van der Waals surface area contributed by atoms with E-state index in [0.717, 1.165) is 34.9 Å². The summed E-state index contributed by atoms with van der Waals surface area (Å²) >= 11 is 0. The van der Waals surface area contributed by atoms with Gasteiger partial charge in [-0.1, -0.05) is 6.92 Å². The fourth-order valence-electron chi connectivity index (χ4n) is 5.41. The number of rotatable bonds is 8. The number of carbonyl (C=O) groups excluding carboxylic acids is 2. The van der Waals surface area contributed by atoms with Crippen LogP contribution in [0.15, 0.2) is 23.3 Å². The lowest BCUT2D eigenvalue weighted by Gasteiger charge is -2.28. The summed E-state index contributed by atoms with van der Waals surface area (Å²) in [5.41, 5.74) is 4.21. The minimum atomic E-state index is -1.86. The second-order valence-corrected chi connectivity index (χ2v) is 9.36. The van der Waals surface area contributed by atoms with Gasteiger partial charge in [0, 0.05) is 54.9 Å². The molecule has 0 saturated carbocycles. The molecule has 0 radical (unpaired) electrons. The molecule has 0 fully saturated rings. The summed E-state index contributed by atoms with van der Waals surface area (Å²) in [7, 11) is 5.27. The zero-order valence-electron chi connectivity index (χ0n) is 20.9. The van der Waals surface area contributed by atoms with Crippen LogP contribution in [0.5, 0.6) is 0 Å². The average Bonchev–Trinajstić information content (AvgIpc) is 3.18. The number of benzene rings is 1. The number of hydrogen-bond acceptors (Lipinski definition) is 7. The summed E-state index contributed by atoms with van der Waals surface area (Å²) < 4.78 is 20.0. The third-order valence-corrected chi connectivity index (χ3v) is 7.44. The highest BCUT2D eigenvalue weighted by Gasteiger charge is 2.36. The highest BCUT2D eigenvalue weighted by atomic mass is 19.1. The number of aryl methyl sites for hydroxylation is 1. The Hall–Kier alpha value is -2.94. The van der Waals surface area contributed by atoms with Crippen molar-refractivity contribution >= 4 is 29.2 Å². The van der Waals surface area contributed by atoms with Gasteiger partial charge in [-0.2, -0.15) is 0 Å². The predicted molar refractivity (Wildman–Crippen MR) is 132 cm³/mol. The summed E-state index contributed by atoms with van der Waals surface area (Å²) in [6.07, 6.45) is 4.41. The molecular weight excluding hydrogens is 449 g/mol. The standard InChI is InChI=1S/C27H32FN3O4/c1-6-27(34,14-33)19(16(12-32)13-35-5)9-23-26-18(11-31(23)4)25-21(29-3)8-7-17-15(2)20(28)10-22(30-26)24(17)25/h9-10,12,14,21,29,34H,6-8,11,13H2,1-5H3/b19-16-,23-9-. The van der Waals surface area contributed by atoms with Crippen LogP contribution < -0.4 is 5.32 Å². The highest BCUT2D eigenvalue weighted by molar-refractivity contribution is 5.93. The lowest BCUT2D eigenvalue weighted by atomic mass is 9.82. The number of aldehydes is 2. The Morgan fingerprint density at radius 1 is 1.40 bits per heavy atom. The van der Waals surface area contributed by atoms with Gasteiger partial charge in [0.25, 0.3) is 0 Å². The lowest BCUT2D eigenvalue weighted by Crippen LogP contribution is -2.33. The third kappa shape index (κ3) is 3.99. The molecule has 35 heavy (non-hydrogen) atoms. The normalized spacial score (nSPS) is 20.6. The molecule has 0 spiro atoms. The van der Waals surface area contributed by atoms with Gasteiger partial charge in [0.1, 0.15) is 17.7 Å². The lowest BCUT2D eigenvalue weighted by molar-refractivity contribution is -0.120. The Kier molecular flexibility index (Phi) is 6.90. The Morgan fingerprint density at radius 3 is 2.74 bits per heavy atom. The van der Waals surface area contributed by atoms with E-state index in [9.17, 15) is 19.1 Å². The quantitative estimate of drug-likeness (QED) is 0.442. The molecular formula is C27H32FN3O4. The molecule has 7 nitrogen and oxygen atoms in total. The number of nitrogens with zero attached hydrogens (tertiary/aromatic N) is 2. The summed E-state index contributed by atoms with van der Waals surface area (Å²) in [6.45, 7) is 4.00. The monoisotopic (exact) mass is 481 g/mol. The number of nitrogens with one attached hydrogen (secondary N) is 1. The molecule has 1 aromatic heterocycles. The molecule has 1 aromatic carbocycles. The maximum absolute atomic E-state index is 14.8. The number of halogens is 1. The van der Waals surface area contributed by atoms with Crippen molar-refractivity contribution in [2.24, 2.45) is 0 Å². The zero-order valence-corrected chi connectivity index (χ0v) is 20.9. The van der Waals surface area contributed by atoms with Crippen molar-refractivity contribution in [2.75, 3.05) is 27.8 Å². The van der Waals surface area contributed by atoms with E-state index in [1.165, 1.54) is 13.2 Å². The van der Waals surface area contributed by atoms with Crippen LogP contribution in [0.4, 0.5) is 4.39 Å². The maximum atomic E-state index is 14.8. The first kappa shape index (κ1) is 25.2. The minimum absolute atomic E-state index is 0.0542. The number of aliphatic hydroxyl groups is 1. The van der Waals surface area contributed by atoms with Crippen LogP contribution in [0.25, 0.3) is 16.6 Å². The Morgan fingerprint density at radius 2 is 2.14 bits per heavy atom. The molecule has 186 valence electrons. The number of methoxy groups -OCH3 is 1. The molecule has 2 heterocycles. The molecule has 1 aliphatic heterocycles. The first-order chi connectivity index (χ1) is 16.7. The molecule has 0 bridgehead atoms. The molecule has 2 aliphatic rings. The van der Waals surface area contributed by atoms with E-state index in [0.29, 0.717) is 41.6 Å². The van der Waals surface area contributed by atoms with Gasteiger partial charge in [-0.15, -0.1) is 0 Å². The predicted octanol–water partition coefficient (Wildman–Crippen LogP) is 3.16. The third-order valence-electron chi connectivity index (χ3n) is 7.44. The van der Waals surface area contributed by atoms with Gasteiger partial charge in [0.2, 0.25) is 0 Å². The van der Waals surface area contributed by atoms with Crippen LogP contribution in [0.1, 0.15) is 53.8 Å². The van der Waals surface area contributed by atoms with Gasteiger partial charge in [0.05, 0.1) is 23.5 Å². The van der Waals surface area contributed by atoms with Gasteiger partial charge in [-0.25, -0.2) is 9.37 Å². The second kappa shape index (κ2) is 9.60. The van der Waals surface area contributed by atoms with E-state index in [4.69, 9.17) is 9.72 Å². The Bertz CT molecular complexity index is 1270. The van der Waals surface area contributed by atoms with Crippen molar-refractivity contribution in [1.82, 2.24) is 15.2 Å². The highest BCUT2D eigenvalue weighted by Crippen LogP contribution is 2.45. The van der Waals surface area contributed by atoms with Crippen LogP contribution >= 0.6 is 0 Å². The van der Waals surface area contributed by atoms with Crippen LogP contribution in [0.2, 0.25) is 0 Å². The minimum Gasteiger partial charge on any atom is -0.380 e. The SMILES string of the molecule is CCC(O)(C=O)C(/C=C1/c2nc3cc(F)c(C)c4c3c(c2CN1C)C(NC)CC4)=C(/C=O)COC. The topological polar surface area (TPSA) is 91.8 Å². The zero-order chi connectivity index (χ0) is 25.5. The first-order valence-electron chi connectivity index (χ1n) is 11.9. The van der Waals surface area contributed by atoms with Gasteiger partial charge in [-0.05, 0) is 56.0 Å². The van der Waals surface area contributed by atoms with Gasteiger partial charge in [0.15, 0.2) is 6.29 Å². The first-order valence-corrected chi connectivity index (χ1v) is 11.9. The smallest absolute Gasteiger partial charge is 0.156 e. The van der Waals surface area contributed by atoms with Gasteiger partial charge < -0.3 is 20.1 Å². The Balaban J connectivity index is 2.05. The van der Waals surface area contributed by atoms with Crippen LogP contribution in [0.3, 0.4) is 0 Å². The van der Waals surface area contributed by atoms with Crippen LogP contribution in [-0.4, -0.2) is 61.0 Å². The maximum Gasteiger partial charge on any atom is 0.156 e. The van der Waals surface area contributed by atoms with Crippen molar-refractivity contribution < 1.29 is 23.8 Å². The van der Waals surface area contributed by atoms with E-state index < -0.39 is 5.60 Å². The molecule has 1 aliphatic carbocycles. The van der Waals surface area contributed by atoms with Crippen LogP contribution in [0, 0.1) is 12.7 Å². The number of aromatic nitrogens is 1. The van der Waals surface area contributed by atoms with E-state index in [1.807, 2.05) is 25.9 Å². The number of carbonyl (C=O) groups is 2. The molecule has 8 heteroatoms. The van der Waals surface area contributed by atoms with E-state index in [-0.39, 0.29) is 36.0 Å². The molecule has 2 atom stereocenters. The van der Waals surface area contributed by atoms with Gasteiger partial charge in [-0.3, -0.25) is 9.59 Å². The Labute approximate surface area is 204 Å². The van der Waals surface area contributed by atoms with Crippen molar-refractivity contribution in [2.45, 2.75) is 51.3 Å². The number of ether oxygens (including phenoxy) is 1. The average molecular weight is 482 g/mol. The molecule has 0 amide bonds. The molecule has 0 saturated heterocycles. The van der Waals surface area contributed by atoms with Crippen molar-refractivity contribution in [1.29, 1.82) is 0 Å². The largest absolute Gasteiger partial charge is 0.380 e. The fourth-order valence-corrected chi connectivity index (χ4v) is 5.41. The fraction of sp³-hybridized carbons (Fsp3) is 0.444. The summed E-state index contributed by atoms with van der Waals surface area (Å²) in [5.74, 6) is -0.282. The van der Waals surface area contributed by atoms with E-state index >= 15 is 0 Å². The molecule has 2 N–H and O–H groups in total. The van der Waals surface area contributed by atoms with E-state index in [1.54, 1.807) is 13.0 Å². The van der Waals surface area contributed by atoms with Crippen molar-refractivity contribution in [3.05, 3.63) is 57.1 Å². The summed E-state index contributed by atoms with van der Waals surface area (Å²) in [5, 5.41) is 15.5. The number of hydrogen-bond donors (Lipinski definition) is 2. The van der Waals surface area contributed by atoms with Crippen LogP contribution in [-0.2, 0) is 27.3 Å². The molecule has 2 aromatic rings. The van der Waals surface area contributed by atoms with E-state index in [2.05, 4.69) is 5.32 Å². The second-order valence-electron chi connectivity index (χ2n) is 9.36. The van der Waals surface area contributed by atoms with Gasteiger partial charge >= 0.3 is 0 Å². The number of fused-ring (bicyclic) bond motifs is 2.